The first kappa shape index (κ1) is 13.5. The highest BCUT2D eigenvalue weighted by Crippen LogP contribution is 2.35. The van der Waals surface area contributed by atoms with Crippen LogP contribution < -0.4 is 10.5 Å². The van der Waals surface area contributed by atoms with Gasteiger partial charge in [-0.05, 0) is 42.0 Å². The average molecular weight is 298 g/mol. The fourth-order valence-corrected chi connectivity index (χ4v) is 2.18. The molecule has 0 aliphatic heterocycles. The average Bonchev–Trinajstić information content (AvgIpc) is 2.29. The predicted octanol–water partition coefficient (Wildman–Crippen LogP) is 3.82. The number of primary amides is 1. The van der Waals surface area contributed by atoms with Crippen LogP contribution >= 0.6 is 23.2 Å². The van der Waals surface area contributed by atoms with Crippen molar-refractivity contribution in [3.8, 4) is 22.6 Å². The molecule has 2 aromatic rings. The number of amides is 1. The lowest BCUT2D eigenvalue weighted by molar-refractivity contribution is 0.211. The Morgan fingerprint density at radius 2 is 1.74 bits per heavy atom. The number of hydrogen-bond donors (Lipinski definition) is 2. The van der Waals surface area contributed by atoms with Crippen LogP contribution in [0.25, 0.3) is 11.1 Å². The summed E-state index contributed by atoms with van der Waals surface area (Å²) in [5.41, 5.74) is 6.06. The molecule has 3 N–H and O–H groups in total. The molecule has 0 spiro atoms. The van der Waals surface area contributed by atoms with Gasteiger partial charge in [0.2, 0.25) is 0 Å². The van der Waals surface area contributed by atoms with E-state index in [0.29, 0.717) is 21.2 Å². The molecular weight excluding hydrogens is 289 g/mol. The lowest BCUT2D eigenvalue weighted by atomic mass is 10.0. The zero-order valence-corrected chi connectivity index (χ0v) is 11.1. The van der Waals surface area contributed by atoms with E-state index in [-0.39, 0.29) is 11.5 Å². The Kier molecular flexibility index (Phi) is 3.83. The van der Waals surface area contributed by atoms with E-state index in [1.165, 1.54) is 18.2 Å². The Balaban J connectivity index is 2.58. The van der Waals surface area contributed by atoms with E-state index < -0.39 is 6.09 Å². The van der Waals surface area contributed by atoms with Crippen molar-refractivity contribution in [3.05, 3.63) is 46.4 Å². The monoisotopic (exact) mass is 297 g/mol. The number of carbonyl (C=O) groups excluding carboxylic acids is 1. The number of hydrogen-bond acceptors (Lipinski definition) is 3. The van der Waals surface area contributed by atoms with Crippen molar-refractivity contribution in [2.24, 2.45) is 5.73 Å². The van der Waals surface area contributed by atoms with Gasteiger partial charge in [-0.25, -0.2) is 4.79 Å². The van der Waals surface area contributed by atoms with Gasteiger partial charge in [0.1, 0.15) is 11.5 Å². The molecule has 0 fully saturated rings. The molecule has 4 nitrogen and oxygen atoms in total. The van der Waals surface area contributed by atoms with Gasteiger partial charge in [0.05, 0.1) is 0 Å². The first-order chi connectivity index (χ1) is 8.95. The Morgan fingerprint density at radius 1 is 1.11 bits per heavy atom. The van der Waals surface area contributed by atoms with Gasteiger partial charge in [0, 0.05) is 15.6 Å². The molecule has 0 heterocycles. The molecule has 2 rings (SSSR count). The highest BCUT2D eigenvalue weighted by Gasteiger charge is 2.11. The van der Waals surface area contributed by atoms with Crippen molar-refractivity contribution >= 4 is 29.3 Å². The third-order valence-corrected chi connectivity index (χ3v) is 2.78. The second-order valence-corrected chi connectivity index (χ2v) is 4.63. The molecule has 19 heavy (non-hydrogen) atoms. The Labute approximate surface area is 119 Å². The summed E-state index contributed by atoms with van der Waals surface area (Å²) in [5.74, 6) is 0.228. The number of phenolic OH excluding ortho intramolecular Hbond substituents is 1. The molecule has 0 saturated carbocycles. The third kappa shape index (κ3) is 3.30. The number of carbonyl (C=O) groups is 1. The topological polar surface area (TPSA) is 72.6 Å². The number of rotatable bonds is 2. The van der Waals surface area contributed by atoms with E-state index >= 15 is 0 Å². The van der Waals surface area contributed by atoms with Crippen molar-refractivity contribution in [1.29, 1.82) is 0 Å². The molecule has 6 heteroatoms. The molecule has 0 aromatic heterocycles. The lowest BCUT2D eigenvalue weighted by Gasteiger charge is -2.10. The zero-order chi connectivity index (χ0) is 14.0. The number of aromatic hydroxyl groups is 1. The number of ether oxygens (including phenoxy) is 1. The summed E-state index contributed by atoms with van der Waals surface area (Å²) in [5, 5.41) is 10.4. The van der Waals surface area contributed by atoms with Crippen molar-refractivity contribution in [2.45, 2.75) is 0 Å². The van der Waals surface area contributed by atoms with Crippen molar-refractivity contribution in [3.63, 3.8) is 0 Å². The van der Waals surface area contributed by atoms with E-state index in [1.807, 2.05) is 0 Å². The molecule has 0 unspecified atom stereocenters. The van der Waals surface area contributed by atoms with Crippen molar-refractivity contribution < 1.29 is 14.6 Å². The second-order valence-electron chi connectivity index (χ2n) is 3.76. The van der Waals surface area contributed by atoms with Gasteiger partial charge in [-0.2, -0.15) is 0 Å². The Hall–Kier alpha value is -1.91. The Bertz CT molecular complexity index is 624. The van der Waals surface area contributed by atoms with Gasteiger partial charge in [-0.1, -0.05) is 23.2 Å². The van der Waals surface area contributed by atoms with Gasteiger partial charge < -0.3 is 15.6 Å². The van der Waals surface area contributed by atoms with Crippen LogP contribution in [-0.4, -0.2) is 11.2 Å². The highest BCUT2D eigenvalue weighted by atomic mass is 35.5. The summed E-state index contributed by atoms with van der Waals surface area (Å²) in [6.07, 6.45) is -0.944. The minimum Gasteiger partial charge on any atom is -0.508 e. The first-order valence-electron chi connectivity index (χ1n) is 5.22. The maximum atomic E-state index is 10.9. The van der Waals surface area contributed by atoms with Crippen LogP contribution in [0.2, 0.25) is 10.0 Å². The molecule has 0 aliphatic rings. The minimum atomic E-state index is -0.944. The molecule has 0 saturated heterocycles. The van der Waals surface area contributed by atoms with Gasteiger partial charge in [-0.15, -0.1) is 0 Å². The lowest BCUT2D eigenvalue weighted by Crippen LogP contribution is -2.16. The zero-order valence-electron chi connectivity index (χ0n) is 9.56. The van der Waals surface area contributed by atoms with Crippen LogP contribution in [0.15, 0.2) is 36.4 Å². The van der Waals surface area contributed by atoms with Gasteiger partial charge >= 0.3 is 6.09 Å². The van der Waals surface area contributed by atoms with Gasteiger partial charge in [-0.3, -0.25) is 0 Å². The van der Waals surface area contributed by atoms with Gasteiger partial charge in [0.25, 0.3) is 0 Å². The standard InChI is InChI=1S/C13H9Cl2NO3/c14-8-3-7(4-9(15)5-8)11-6-10(17)1-2-12(11)19-13(16)18/h1-6,17H,(H2,16,18). The number of benzene rings is 2. The van der Waals surface area contributed by atoms with Crippen molar-refractivity contribution in [1.82, 2.24) is 0 Å². The smallest absolute Gasteiger partial charge is 0.409 e. The van der Waals surface area contributed by atoms with Crippen LogP contribution in [0.1, 0.15) is 0 Å². The first-order valence-corrected chi connectivity index (χ1v) is 5.98. The summed E-state index contributed by atoms with van der Waals surface area (Å²) in [4.78, 5) is 10.9. The SMILES string of the molecule is NC(=O)Oc1ccc(O)cc1-c1cc(Cl)cc(Cl)c1. The maximum Gasteiger partial charge on any atom is 0.409 e. The summed E-state index contributed by atoms with van der Waals surface area (Å²) < 4.78 is 4.88. The summed E-state index contributed by atoms with van der Waals surface area (Å²) in [7, 11) is 0. The quantitative estimate of drug-likeness (QED) is 0.885. The fourth-order valence-electron chi connectivity index (χ4n) is 1.65. The van der Waals surface area contributed by atoms with Crippen LogP contribution in [0.5, 0.6) is 11.5 Å². The molecular formula is C13H9Cl2NO3. The van der Waals surface area contributed by atoms with Crippen LogP contribution in [-0.2, 0) is 0 Å². The number of phenols is 1. The molecule has 0 radical (unpaired) electrons. The highest BCUT2D eigenvalue weighted by molar-refractivity contribution is 6.35. The van der Waals surface area contributed by atoms with E-state index in [4.69, 9.17) is 33.7 Å². The van der Waals surface area contributed by atoms with Crippen LogP contribution in [0.3, 0.4) is 0 Å². The third-order valence-electron chi connectivity index (χ3n) is 2.35. The summed E-state index contributed by atoms with van der Waals surface area (Å²) in [6, 6.07) is 9.09. The summed E-state index contributed by atoms with van der Waals surface area (Å²) >= 11 is 11.8. The van der Waals surface area contributed by atoms with Gasteiger partial charge in [0.15, 0.2) is 0 Å². The summed E-state index contributed by atoms with van der Waals surface area (Å²) in [6.45, 7) is 0. The maximum absolute atomic E-state index is 10.9. The van der Waals surface area contributed by atoms with Crippen LogP contribution in [0.4, 0.5) is 4.79 Å². The molecule has 0 atom stereocenters. The second kappa shape index (κ2) is 5.38. The normalized spacial score (nSPS) is 10.2. The number of nitrogens with two attached hydrogens (primary N) is 1. The predicted molar refractivity (Wildman–Crippen MR) is 73.8 cm³/mol. The molecule has 98 valence electrons. The number of halogens is 2. The van der Waals surface area contributed by atoms with E-state index in [9.17, 15) is 9.90 Å². The Morgan fingerprint density at radius 3 is 2.32 bits per heavy atom. The van der Waals surface area contributed by atoms with E-state index in [2.05, 4.69) is 0 Å². The fraction of sp³-hybridized carbons (Fsp3) is 0. The molecule has 0 bridgehead atoms. The molecule has 2 aromatic carbocycles. The molecule has 1 amide bonds. The van der Waals surface area contributed by atoms with E-state index in [1.54, 1.807) is 18.2 Å². The minimum absolute atomic E-state index is 0.0166. The van der Waals surface area contributed by atoms with Crippen LogP contribution in [0, 0.1) is 0 Å². The van der Waals surface area contributed by atoms with Crippen molar-refractivity contribution in [2.75, 3.05) is 0 Å². The molecule has 0 aliphatic carbocycles. The van der Waals surface area contributed by atoms with E-state index in [0.717, 1.165) is 0 Å². The largest absolute Gasteiger partial charge is 0.508 e.